The Bertz CT molecular complexity index is 697. The Balaban J connectivity index is 1.90. The minimum absolute atomic E-state index is 1.01. The molecule has 100 valence electrons. The van der Waals surface area contributed by atoms with E-state index in [1.165, 1.54) is 21.6 Å². The van der Waals surface area contributed by atoms with Crippen LogP contribution in [-0.2, 0) is 0 Å². The van der Waals surface area contributed by atoms with Crippen LogP contribution >= 0.6 is 11.8 Å². The van der Waals surface area contributed by atoms with Gasteiger partial charge in [-0.05, 0) is 26.0 Å². The van der Waals surface area contributed by atoms with Gasteiger partial charge < -0.3 is 4.98 Å². The topological polar surface area (TPSA) is 28.7 Å². The molecule has 0 atom stereocenters. The van der Waals surface area contributed by atoms with E-state index < -0.39 is 0 Å². The molecule has 0 fully saturated rings. The normalized spacial score (nSPS) is 10.7. The first-order chi connectivity index (χ1) is 9.72. The molecule has 0 aliphatic carbocycles. The van der Waals surface area contributed by atoms with E-state index in [9.17, 15) is 0 Å². The number of rotatable bonds is 3. The average Bonchev–Trinajstić information content (AvgIpc) is 2.90. The van der Waals surface area contributed by atoms with E-state index in [2.05, 4.69) is 72.3 Å². The van der Waals surface area contributed by atoms with E-state index >= 15 is 0 Å². The molecule has 0 saturated heterocycles. The fraction of sp³-hybridized carbons (Fsp3) is 0.118. The molecule has 0 spiro atoms. The van der Waals surface area contributed by atoms with Crippen LogP contribution in [0.1, 0.15) is 11.1 Å². The molecule has 1 heterocycles. The summed E-state index contributed by atoms with van der Waals surface area (Å²) in [5.41, 5.74) is 4.79. The Kier molecular flexibility index (Phi) is 3.61. The highest BCUT2D eigenvalue weighted by atomic mass is 32.2. The van der Waals surface area contributed by atoms with Gasteiger partial charge in [-0.3, -0.25) is 0 Å². The Labute approximate surface area is 123 Å². The number of hydrogen-bond acceptors (Lipinski definition) is 2. The van der Waals surface area contributed by atoms with Gasteiger partial charge in [0, 0.05) is 10.5 Å². The summed E-state index contributed by atoms with van der Waals surface area (Å²) in [6, 6.07) is 17.0. The van der Waals surface area contributed by atoms with Crippen molar-refractivity contribution >= 4 is 11.8 Å². The zero-order valence-corrected chi connectivity index (χ0v) is 12.4. The molecular weight excluding hydrogens is 264 g/mol. The Hall–Kier alpha value is -2.00. The molecule has 2 aromatic carbocycles. The molecule has 0 amide bonds. The van der Waals surface area contributed by atoms with Gasteiger partial charge in [0.2, 0.25) is 0 Å². The number of aromatic nitrogens is 2. The third-order valence-corrected chi connectivity index (χ3v) is 4.19. The highest BCUT2D eigenvalue weighted by molar-refractivity contribution is 7.99. The quantitative estimate of drug-likeness (QED) is 0.743. The third kappa shape index (κ3) is 2.78. The van der Waals surface area contributed by atoms with Crippen molar-refractivity contribution in [1.82, 2.24) is 9.97 Å². The van der Waals surface area contributed by atoms with Gasteiger partial charge in [-0.15, -0.1) is 0 Å². The summed E-state index contributed by atoms with van der Waals surface area (Å²) >= 11 is 1.69. The van der Waals surface area contributed by atoms with Gasteiger partial charge in [0.1, 0.15) is 5.03 Å². The smallest absolute Gasteiger partial charge is 0.127 e. The number of aryl methyl sites for hydroxylation is 2. The van der Waals surface area contributed by atoms with Gasteiger partial charge >= 0.3 is 0 Å². The first-order valence-electron chi connectivity index (χ1n) is 6.57. The van der Waals surface area contributed by atoms with Crippen LogP contribution in [-0.4, -0.2) is 9.97 Å². The number of benzene rings is 2. The van der Waals surface area contributed by atoms with Crippen LogP contribution in [0.5, 0.6) is 0 Å². The number of aromatic amines is 1. The lowest BCUT2D eigenvalue weighted by Gasteiger charge is -2.04. The predicted octanol–water partition coefficient (Wildman–Crippen LogP) is 4.84. The van der Waals surface area contributed by atoms with Crippen LogP contribution in [0.25, 0.3) is 11.3 Å². The second kappa shape index (κ2) is 5.55. The molecule has 3 heteroatoms. The van der Waals surface area contributed by atoms with E-state index in [1.54, 1.807) is 18.1 Å². The van der Waals surface area contributed by atoms with Crippen LogP contribution in [0, 0.1) is 13.8 Å². The maximum absolute atomic E-state index is 4.44. The van der Waals surface area contributed by atoms with E-state index in [0.29, 0.717) is 0 Å². The fourth-order valence-electron chi connectivity index (χ4n) is 2.00. The van der Waals surface area contributed by atoms with Crippen LogP contribution in [0.3, 0.4) is 0 Å². The largest absolute Gasteiger partial charge is 0.344 e. The van der Waals surface area contributed by atoms with Crippen molar-refractivity contribution in [3.05, 3.63) is 66.0 Å². The summed E-state index contributed by atoms with van der Waals surface area (Å²) in [5, 5.41) is 1.01. The summed E-state index contributed by atoms with van der Waals surface area (Å²) in [6.07, 6.45) is 1.76. The molecule has 3 aromatic rings. The summed E-state index contributed by atoms with van der Waals surface area (Å²) in [7, 11) is 0. The van der Waals surface area contributed by atoms with Gasteiger partial charge in [0.05, 0.1) is 12.0 Å². The van der Waals surface area contributed by atoms with E-state index in [0.717, 1.165) is 10.7 Å². The number of H-pyrrole nitrogens is 1. The average molecular weight is 280 g/mol. The molecule has 0 saturated carbocycles. The minimum Gasteiger partial charge on any atom is -0.344 e. The van der Waals surface area contributed by atoms with Gasteiger partial charge in [-0.1, -0.05) is 59.3 Å². The van der Waals surface area contributed by atoms with Crippen LogP contribution in [0.4, 0.5) is 0 Å². The van der Waals surface area contributed by atoms with Crippen molar-refractivity contribution in [3.8, 4) is 11.3 Å². The lowest BCUT2D eigenvalue weighted by atomic mass is 10.1. The minimum atomic E-state index is 1.01. The van der Waals surface area contributed by atoms with Crippen molar-refractivity contribution in [2.45, 2.75) is 23.8 Å². The van der Waals surface area contributed by atoms with Crippen LogP contribution in [0.2, 0.25) is 0 Å². The summed E-state index contributed by atoms with van der Waals surface area (Å²) in [6.45, 7) is 4.19. The molecule has 20 heavy (non-hydrogen) atoms. The maximum Gasteiger partial charge on any atom is 0.127 e. The highest BCUT2D eigenvalue weighted by Crippen LogP contribution is 2.33. The van der Waals surface area contributed by atoms with Gasteiger partial charge in [-0.2, -0.15) is 0 Å². The monoisotopic (exact) mass is 280 g/mol. The van der Waals surface area contributed by atoms with E-state index in [-0.39, 0.29) is 0 Å². The van der Waals surface area contributed by atoms with Crippen molar-refractivity contribution in [1.29, 1.82) is 0 Å². The van der Waals surface area contributed by atoms with Crippen molar-refractivity contribution in [2.75, 3.05) is 0 Å². The SMILES string of the molecule is Cc1ccc(Sc2nc[nH]c2-c2ccc(C)cc2)cc1. The van der Waals surface area contributed by atoms with Crippen LogP contribution in [0.15, 0.2) is 64.8 Å². The lowest BCUT2D eigenvalue weighted by molar-refractivity contribution is 1.20. The first-order valence-corrected chi connectivity index (χ1v) is 7.39. The van der Waals surface area contributed by atoms with Gasteiger partial charge in [-0.25, -0.2) is 4.98 Å². The molecule has 1 N–H and O–H groups in total. The molecule has 0 aliphatic rings. The van der Waals surface area contributed by atoms with Crippen molar-refractivity contribution in [2.24, 2.45) is 0 Å². The zero-order valence-electron chi connectivity index (χ0n) is 11.6. The van der Waals surface area contributed by atoms with Crippen molar-refractivity contribution in [3.63, 3.8) is 0 Å². The highest BCUT2D eigenvalue weighted by Gasteiger charge is 2.09. The fourth-order valence-corrected chi connectivity index (χ4v) is 2.88. The number of nitrogens with zero attached hydrogens (tertiary/aromatic N) is 1. The Morgan fingerprint density at radius 3 is 2.10 bits per heavy atom. The van der Waals surface area contributed by atoms with Crippen LogP contribution < -0.4 is 0 Å². The molecule has 1 aromatic heterocycles. The summed E-state index contributed by atoms with van der Waals surface area (Å²) < 4.78 is 0. The van der Waals surface area contributed by atoms with E-state index in [4.69, 9.17) is 0 Å². The number of nitrogens with one attached hydrogen (secondary N) is 1. The van der Waals surface area contributed by atoms with Gasteiger partial charge in [0.15, 0.2) is 0 Å². The molecule has 0 radical (unpaired) electrons. The molecule has 3 rings (SSSR count). The standard InChI is InChI=1S/C17H16N2S/c1-12-3-7-14(8-4-12)16-17(19-11-18-16)20-15-9-5-13(2)6-10-15/h3-11H,1-2H3,(H,18,19). The number of imidazole rings is 1. The predicted molar refractivity (Wildman–Crippen MR) is 84.1 cm³/mol. The first kappa shape index (κ1) is 13.0. The van der Waals surface area contributed by atoms with Crippen molar-refractivity contribution < 1.29 is 0 Å². The zero-order chi connectivity index (χ0) is 13.9. The molecule has 0 bridgehead atoms. The van der Waals surface area contributed by atoms with E-state index in [1.807, 2.05) is 0 Å². The summed E-state index contributed by atoms with van der Waals surface area (Å²) in [4.78, 5) is 8.89. The lowest BCUT2D eigenvalue weighted by Crippen LogP contribution is -1.82. The van der Waals surface area contributed by atoms with Gasteiger partial charge in [0.25, 0.3) is 0 Å². The second-order valence-corrected chi connectivity index (χ2v) is 5.93. The Morgan fingerprint density at radius 2 is 1.45 bits per heavy atom. The second-order valence-electron chi connectivity index (χ2n) is 4.86. The third-order valence-electron chi connectivity index (χ3n) is 3.18. The number of hydrogen-bond donors (Lipinski definition) is 1. The Morgan fingerprint density at radius 1 is 0.850 bits per heavy atom. The molecule has 2 nitrogen and oxygen atoms in total. The summed E-state index contributed by atoms with van der Waals surface area (Å²) in [5.74, 6) is 0. The maximum atomic E-state index is 4.44. The molecular formula is C17H16N2S. The molecule has 0 unspecified atom stereocenters. The molecule has 0 aliphatic heterocycles.